The van der Waals surface area contributed by atoms with E-state index >= 15 is 0 Å². The summed E-state index contributed by atoms with van der Waals surface area (Å²) in [7, 11) is -8.57. The largest absolute Gasteiger partial charge is 0.478 e. The maximum absolute atomic E-state index is 13.4. The number of sulfonamides is 2. The molecule has 5 rings (SSSR count). The fourth-order valence-corrected chi connectivity index (χ4v) is 6.35. The first-order valence-electron chi connectivity index (χ1n) is 10.8. The molecular weight excluding hydrogens is 516 g/mol. The molecule has 0 radical (unpaired) electrons. The number of aromatic nitrogens is 2. The molecule has 0 amide bonds. The van der Waals surface area contributed by atoms with E-state index in [1.54, 1.807) is 48.5 Å². The zero-order chi connectivity index (χ0) is 26.2. The summed E-state index contributed by atoms with van der Waals surface area (Å²) in [6.45, 7) is 0. The Hall–Kier alpha value is -4.55. The minimum absolute atomic E-state index is 0.125. The Morgan fingerprint density at radius 3 is 1.65 bits per heavy atom. The van der Waals surface area contributed by atoms with Crippen LogP contribution in [0.2, 0.25) is 0 Å². The van der Waals surface area contributed by atoms with Gasteiger partial charge in [0.1, 0.15) is 9.79 Å². The van der Waals surface area contributed by atoms with E-state index in [1.165, 1.54) is 36.7 Å². The van der Waals surface area contributed by atoms with Crippen molar-refractivity contribution in [3.8, 4) is 0 Å². The van der Waals surface area contributed by atoms with Crippen LogP contribution in [0.5, 0.6) is 0 Å². The molecule has 3 N–H and O–H groups in total. The van der Waals surface area contributed by atoms with Gasteiger partial charge in [0.2, 0.25) is 0 Å². The van der Waals surface area contributed by atoms with Gasteiger partial charge >= 0.3 is 5.97 Å². The molecule has 0 aliphatic rings. The molecule has 0 spiro atoms. The van der Waals surface area contributed by atoms with Crippen molar-refractivity contribution in [3.63, 3.8) is 0 Å². The van der Waals surface area contributed by atoms with Gasteiger partial charge in [0, 0.05) is 23.2 Å². The summed E-state index contributed by atoms with van der Waals surface area (Å²) >= 11 is 0. The van der Waals surface area contributed by atoms with Gasteiger partial charge < -0.3 is 5.11 Å². The second kappa shape index (κ2) is 9.15. The van der Waals surface area contributed by atoms with Crippen LogP contribution in [-0.4, -0.2) is 37.9 Å². The van der Waals surface area contributed by atoms with Gasteiger partial charge in [-0.1, -0.05) is 36.4 Å². The van der Waals surface area contributed by atoms with E-state index in [0.717, 1.165) is 6.07 Å². The van der Waals surface area contributed by atoms with Crippen molar-refractivity contribution in [3.05, 3.63) is 96.8 Å². The first-order chi connectivity index (χ1) is 17.7. The highest BCUT2D eigenvalue weighted by Crippen LogP contribution is 2.31. The van der Waals surface area contributed by atoms with Gasteiger partial charge in [-0.2, -0.15) is 0 Å². The number of carboxylic acid groups (broad SMARTS) is 1. The maximum atomic E-state index is 13.4. The van der Waals surface area contributed by atoms with Gasteiger partial charge in [0.15, 0.2) is 0 Å². The van der Waals surface area contributed by atoms with Gasteiger partial charge in [-0.05, 0) is 42.5 Å². The van der Waals surface area contributed by atoms with Gasteiger partial charge in [-0.3, -0.25) is 19.4 Å². The molecule has 2 heterocycles. The summed E-state index contributed by atoms with van der Waals surface area (Å²) in [6.07, 6.45) is 2.91. The highest BCUT2D eigenvalue weighted by atomic mass is 32.2. The predicted octanol–water partition coefficient (Wildman–Crippen LogP) is 4.08. The summed E-state index contributed by atoms with van der Waals surface area (Å²) in [4.78, 5) is 19.6. The number of nitrogens with one attached hydrogen (secondary N) is 2. The highest BCUT2D eigenvalue weighted by Gasteiger charge is 2.24. The average molecular weight is 535 g/mol. The lowest BCUT2D eigenvalue weighted by molar-refractivity contribution is 0.0697. The molecule has 0 saturated heterocycles. The van der Waals surface area contributed by atoms with Crippen LogP contribution in [0.4, 0.5) is 11.4 Å². The predicted molar refractivity (Wildman–Crippen MR) is 139 cm³/mol. The average Bonchev–Trinajstić information content (AvgIpc) is 2.88. The standard InChI is InChI=1S/C25H18N4O6S2/c30-25(31)18-11-12-19(28-36(32,33)21-9-1-5-16-7-3-13-26-23(16)21)20(15-18)29-37(34,35)22-10-2-6-17-8-4-14-27-24(17)22/h1-15,28-29H,(H,30,31). The van der Waals surface area contributed by atoms with Gasteiger partial charge in [-0.25, -0.2) is 21.6 Å². The lowest BCUT2D eigenvalue weighted by atomic mass is 10.2. The molecule has 12 heteroatoms. The lowest BCUT2D eigenvalue weighted by Gasteiger charge is -2.16. The molecule has 0 aliphatic carbocycles. The Balaban J connectivity index is 1.60. The number of hydrogen-bond acceptors (Lipinski definition) is 7. The second-order valence-electron chi connectivity index (χ2n) is 7.94. The number of aromatic carboxylic acids is 1. The van der Waals surface area contributed by atoms with Crippen LogP contribution in [0.1, 0.15) is 10.4 Å². The lowest BCUT2D eigenvalue weighted by Crippen LogP contribution is -2.19. The summed E-state index contributed by atoms with van der Waals surface area (Å²) < 4.78 is 58.1. The topological polar surface area (TPSA) is 155 Å². The normalized spacial score (nSPS) is 11.9. The molecule has 0 bridgehead atoms. The van der Waals surface area contributed by atoms with Crippen LogP contribution in [0.25, 0.3) is 21.8 Å². The van der Waals surface area contributed by atoms with Gasteiger partial charge in [-0.15, -0.1) is 0 Å². The SMILES string of the molecule is O=C(O)c1ccc(NS(=O)(=O)c2cccc3cccnc23)c(NS(=O)(=O)c2cccc3cccnc23)c1. The Morgan fingerprint density at radius 1 is 0.649 bits per heavy atom. The van der Waals surface area contributed by atoms with E-state index in [9.17, 15) is 26.7 Å². The first kappa shape index (κ1) is 24.2. The van der Waals surface area contributed by atoms with E-state index < -0.39 is 26.0 Å². The van der Waals surface area contributed by atoms with E-state index in [2.05, 4.69) is 19.4 Å². The molecule has 0 saturated carbocycles. The zero-order valence-corrected chi connectivity index (χ0v) is 20.5. The van der Waals surface area contributed by atoms with Crippen molar-refractivity contribution in [2.75, 3.05) is 9.44 Å². The molecule has 37 heavy (non-hydrogen) atoms. The molecule has 0 unspecified atom stereocenters. The van der Waals surface area contributed by atoms with E-state index in [1.807, 2.05) is 0 Å². The quantitative estimate of drug-likeness (QED) is 0.282. The molecule has 2 aromatic heterocycles. The fraction of sp³-hybridized carbons (Fsp3) is 0. The monoisotopic (exact) mass is 534 g/mol. The second-order valence-corrected chi connectivity index (χ2v) is 11.2. The summed E-state index contributed by atoms with van der Waals surface area (Å²) in [5.41, 5.74) is -0.262. The molecular formula is C25H18N4O6S2. The molecule has 0 atom stereocenters. The van der Waals surface area contributed by atoms with Crippen molar-refractivity contribution in [1.29, 1.82) is 0 Å². The molecule has 186 valence electrons. The van der Waals surface area contributed by atoms with Crippen LogP contribution >= 0.6 is 0 Å². The minimum atomic E-state index is -4.31. The third-order valence-corrected chi connectivity index (χ3v) is 8.32. The molecule has 10 nitrogen and oxygen atoms in total. The van der Waals surface area contributed by atoms with Crippen LogP contribution in [0.15, 0.2) is 101 Å². The van der Waals surface area contributed by atoms with Crippen molar-refractivity contribution in [2.45, 2.75) is 9.79 Å². The molecule has 3 aromatic carbocycles. The number of carboxylic acids is 1. The molecule has 0 aliphatic heterocycles. The number of pyridine rings is 2. The molecule has 5 aromatic rings. The summed E-state index contributed by atoms with van der Waals surface area (Å²) in [5, 5.41) is 10.6. The van der Waals surface area contributed by atoms with Crippen molar-refractivity contribution < 1.29 is 26.7 Å². The number of rotatable bonds is 7. The van der Waals surface area contributed by atoms with Crippen molar-refractivity contribution in [1.82, 2.24) is 9.97 Å². The van der Waals surface area contributed by atoms with E-state index in [-0.39, 0.29) is 37.8 Å². The fourth-order valence-electron chi connectivity index (χ4n) is 3.84. The zero-order valence-electron chi connectivity index (χ0n) is 18.9. The number of nitrogens with zero attached hydrogens (tertiary/aromatic N) is 2. The third kappa shape index (κ3) is 4.67. The van der Waals surface area contributed by atoms with Crippen LogP contribution in [0, 0.1) is 0 Å². The van der Waals surface area contributed by atoms with Gasteiger partial charge in [0.05, 0.1) is 28.0 Å². The number of hydrogen-bond donors (Lipinski definition) is 3. The Kier molecular flexibility index (Phi) is 5.97. The number of carbonyl (C=O) groups is 1. The van der Waals surface area contributed by atoms with E-state index in [0.29, 0.717) is 10.8 Å². The maximum Gasteiger partial charge on any atom is 0.335 e. The number of benzene rings is 3. The Bertz CT molecular complexity index is 1900. The summed E-state index contributed by atoms with van der Waals surface area (Å²) in [6, 6.07) is 19.4. The van der Waals surface area contributed by atoms with Crippen LogP contribution in [0.3, 0.4) is 0 Å². The highest BCUT2D eigenvalue weighted by molar-refractivity contribution is 7.93. The Labute approximate surface area is 211 Å². The number of anilines is 2. The van der Waals surface area contributed by atoms with Crippen LogP contribution in [-0.2, 0) is 20.0 Å². The Morgan fingerprint density at radius 2 is 1.14 bits per heavy atom. The van der Waals surface area contributed by atoms with Crippen LogP contribution < -0.4 is 9.44 Å². The first-order valence-corrected chi connectivity index (χ1v) is 13.7. The molecule has 0 fully saturated rings. The van der Waals surface area contributed by atoms with E-state index in [4.69, 9.17) is 0 Å². The number of para-hydroxylation sites is 2. The smallest absolute Gasteiger partial charge is 0.335 e. The summed E-state index contributed by atoms with van der Waals surface area (Å²) in [5.74, 6) is -1.32. The van der Waals surface area contributed by atoms with Crippen molar-refractivity contribution in [2.24, 2.45) is 0 Å². The van der Waals surface area contributed by atoms with Gasteiger partial charge in [0.25, 0.3) is 20.0 Å². The third-order valence-electron chi connectivity index (χ3n) is 5.53. The number of fused-ring (bicyclic) bond motifs is 2. The minimum Gasteiger partial charge on any atom is -0.478 e. The van der Waals surface area contributed by atoms with Crippen molar-refractivity contribution >= 4 is 59.2 Å².